The number of esters is 1. The molecule has 0 amide bonds. The summed E-state index contributed by atoms with van der Waals surface area (Å²) in [6, 6.07) is 0. The molecule has 0 aromatic carbocycles. The second-order valence-corrected chi connectivity index (χ2v) is 10.6. The van der Waals surface area contributed by atoms with E-state index in [1.165, 1.54) is 6.92 Å². The number of allylic oxidation sites excluding steroid dienone is 5. The van der Waals surface area contributed by atoms with Crippen LogP contribution in [0.4, 0.5) is 0 Å². The lowest BCUT2D eigenvalue weighted by atomic mass is 9.46. The van der Waals surface area contributed by atoms with Gasteiger partial charge in [-0.25, -0.2) is 0 Å². The summed E-state index contributed by atoms with van der Waals surface area (Å²) in [6.45, 7) is 8.59. The molecular formula is C26H34O6. The van der Waals surface area contributed by atoms with Crippen molar-refractivity contribution < 1.29 is 29.3 Å². The molecule has 32 heavy (non-hydrogen) atoms. The summed E-state index contributed by atoms with van der Waals surface area (Å²) in [5, 5.41) is 23.0. The van der Waals surface area contributed by atoms with Gasteiger partial charge in [-0.1, -0.05) is 31.6 Å². The molecule has 7 atom stereocenters. The highest BCUT2D eigenvalue weighted by molar-refractivity contribution is 6.06. The van der Waals surface area contributed by atoms with E-state index in [-0.39, 0.29) is 23.5 Å². The van der Waals surface area contributed by atoms with Crippen LogP contribution >= 0.6 is 0 Å². The molecular weight excluding hydrogens is 408 g/mol. The normalized spacial score (nSPS) is 42.7. The van der Waals surface area contributed by atoms with E-state index in [1.807, 2.05) is 13.0 Å². The fourth-order valence-electron chi connectivity index (χ4n) is 7.57. The van der Waals surface area contributed by atoms with Crippen LogP contribution in [0.25, 0.3) is 0 Å². The highest BCUT2D eigenvalue weighted by Gasteiger charge is 2.68. The van der Waals surface area contributed by atoms with E-state index >= 15 is 0 Å². The van der Waals surface area contributed by atoms with Gasteiger partial charge in [-0.15, -0.1) is 6.58 Å². The fourth-order valence-corrected chi connectivity index (χ4v) is 7.57. The number of hydrogen-bond donors (Lipinski definition) is 2. The van der Waals surface area contributed by atoms with Gasteiger partial charge in [0.25, 0.3) is 0 Å². The Labute approximate surface area is 189 Å². The minimum atomic E-state index is -1.62. The van der Waals surface area contributed by atoms with Gasteiger partial charge < -0.3 is 14.9 Å². The van der Waals surface area contributed by atoms with Crippen LogP contribution in [0.2, 0.25) is 0 Å². The van der Waals surface area contributed by atoms with Crippen LogP contribution in [0.5, 0.6) is 0 Å². The van der Waals surface area contributed by atoms with Gasteiger partial charge in [-0.2, -0.15) is 0 Å². The molecule has 0 unspecified atom stereocenters. The van der Waals surface area contributed by atoms with E-state index < -0.39 is 40.9 Å². The molecule has 4 rings (SSSR count). The molecule has 3 fully saturated rings. The van der Waals surface area contributed by atoms with Gasteiger partial charge in [0, 0.05) is 29.2 Å². The van der Waals surface area contributed by atoms with Gasteiger partial charge in [0.15, 0.2) is 12.4 Å². The third-order valence-electron chi connectivity index (χ3n) is 9.07. The number of aliphatic hydroxyl groups is 2. The standard InChI is InChI=1S/C26H34O6/c1-5-6-16-12-24(3)17(11-20(16)28)7-8-18-19-9-10-26(31,22(30)14-32-15(2)27)25(19,4)13-21(29)23(18)24/h5,11-12,18-19,21,23,29,31H,1,6-10,13-14H2,2-4H3/t18-,19-,21-,23+,24-,25-,26-/m0/s1. The second kappa shape index (κ2) is 7.77. The Kier molecular flexibility index (Phi) is 5.61. The van der Waals surface area contributed by atoms with E-state index in [9.17, 15) is 24.6 Å². The van der Waals surface area contributed by atoms with Crippen LogP contribution in [-0.2, 0) is 19.1 Å². The van der Waals surface area contributed by atoms with Crippen LogP contribution in [0.3, 0.4) is 0 Å². The first-order chi connectivity index (χ1) is 15.0. The maximum Gasteiger partial charge on any atom is 0.303 e. The van der Waals surface area contributed by atoms with Gasteiger partial charge in [-0.3, -0.25) is 14.4 Å². The lowest BCUT2D eigenvalue weighted by molar-refractivity contribution is -0.181. The van der Waals surface area contributed by atoms with Crippen molar-refractivity contribution >= 4 is 17.5 Å². The Morgan fingerprint density at radius 1 is 1.31 bits per heavy atom. The zero-order valence-corrected chi connectivity index (χ0v) is 19.2. The van der Waals surface area contributed by atoms with Crippen molar-refractivity contribution in [2.45, 2.75) is 71.0 Å². The molecule has 4 aliphatic rings. The Morgan fingerprint density at radius 2 is 2.03 bits per heavy atom. The van der Waals surface area contributed by atoms with Crippen molar-refractivity contribution in [3.63, 3.8) is 0 Å². The molecule has 0 bridgehead atoms. The van der Waals surface area contributed by atoms with E-state index in [0.29, 0.717) is 31.3 Å². The average molecular weight is 443 g/mol. The molecule has 0 aromatic heterocycles. The van der Waals surface area contributed by atoms with Crippen molar-refractivity contribution in [1.82, 2.24) is 0 Å². The predicted octanol–water partition coefficient (Wildman–Crippen LogP) is 3.07. The summed E-state index contributed by atoms with van der Waals surface area (Å²) < 4.78 is 4.90. The lowest BCUT2D eigenvalue weighted by Crippen LogP contribution is -2.61. The Hall–Kier alpha value is -2.05. The summed E-state index contributed by atoms with van der Waals surface area (Å²) in [5.41, 5.74) is -1.06. The Balaban J connectivity index is 1.68. The van der Waals surface area contributed by atoms with Crippen LogP contribution < -0.4 is 0 Å². The largest absolute Gasteiger partial charge is 0.458 e. The number of hydrogen-bond acceptors (Lipinski definition) is 6. The molecule has 0 saturated heterocycles. The van der Waals surface area contributed by atoms with Crippen molar-refractivity contribution in [1.29, 1.82) is 0 Å². The SMILES string of the molecule is C=CCC1=C[C@@]2(C)C(=CC1=O)CC[C@@H]1[C@@H]2[C@@H](O)C[C@@]2(C)[C@H]1CC[C@]2(O)C(=O)COC(C)=O. The molecule has 0 aliphatic heterocycles. The minimum Gasteiger partial charge on any atom is -0.458 e. The number of fused-ring (bicyclic) bond motifs is 5. The highest BCUT2D eigenvalue weighted by atomic mass is 16.5. The maximum absolute atomic E-state index is 13.0. The maximum atomic E-state index is 13.0. The summed E-state index contributed by atoms with van der Waals surface area (Å²) in [5.74, 6) is -0.914. The number of ketones is 2. The summed E-state index contributed by atoms with van der Waals surface area (Å²) in [7, 11) is 0. The molecule has 4 aliphatic carbocycles. The quantitative estimate of drug-likeness (QED) is 0.501. The zero-order chi connectivity index (χ0) is 23.5. The molecule has 2 N–H and O–H groups in total. The first kappa shape index (κ1) is 23.1. The molecule has 174 valence electrons. The first-order valence-electron chi connectivity index (χ1n) is 11.6. The number of carbonyl (C=O) groups excluding carboxylic acids is 3. The lowest BCUT2D eigenvalue weighted by Gasteiger charge is -2.59. The van der Waals surface area contributed by atoms with Crippen molar-refractivity contribution in [3.05, 3.63) is 36.0 Å². The summed E-state index contributed by atoms with van der Waals surface area (Å²) >= 11 is 0. The Morgan fingerprint density at radius 3 is 2.69 bits per heavy atom. The van der Waals surface area contributed by atoms with E-state index in [4.69, 9.17) is 4.74 Å². The minimum absolute atomic E-state index is 0.0253. The first-order valence-corrected chi connectivity index (χ1v) is 11.6. The molecule has 3 saturated carbocycles. The van der Waals surface area contributed by atoms with Gasteiger partial charge in [0.2, 0.25) is 5.78 Å². The Bertz CT molecular complexity index is 931. The van der Waals surface area contributed by atoms with Gasteiger partial charge >= 0.3 is 5.97 Å². The molecule has 6 heteroatoms. The third-order valence-corrected chi connectivity index (χ3v) is 9.07. The number of ether oxygens (including phenoxy) is 1. The van der Waals surface area contributed by atoms with E-state index in [2.05, 4.69) is 13.5 Å². The predicted molar refractivity (Wildman–Crippen MR) is 118 cm³/mol. The number of Topliss-reactive ketones (excluding diaryl/α,β-unsaturated/α-hetero) is 1. The smallest absolute Gasteiger partial charge is 0.303 e. The zero-order valence-electron chi connectivity index (χ0n) is 19.2. The van der Waals surface area contributed by atoms with Crippen LogP contribution in [0.1, 0.15) is 59.3 Å². The van der Waals surface area contributed by atoms with Crippen molar-refractivity contribution in [2.24, 2.45) is 28.6 Å². The topological polar surface area (TPSA) is 101 Å². The van der Waals surface area contributed by atoms with E-state index in [0.717, 1.165) is 18.4 Å². The molecule has 0 heterocycles. The number of carbonyl (C=O) groups is 3. The van der Waals surface area contributed by atoms with Crippen molar-refractivity contribution in [2.75, 3.05) is 6.61 Å². The van der Waals surface area contributed by atoms with Gasteiger partial charge in [0.05, 0.1) is 6.10 Å². The monoisotopic (exact) mass is 442 g/mol. The number of aliphatic hydroxyl groups excluding tert-OH is 1. The highest BCUT2D eigenvalue weighted by Crippen LogP contribution is 2.67. The second-order valence-electron chi connectivity index (χ2n) is 10.6. The van der Waals surface area contributed by atoms with Gasteiger partial charge in [-0.05, 0) is 56.4 Å². The van der Waals surface area contributed by atoms with Crippen LogP contribution in [0.15, 0.2) is 36.0 Å². The van der Waals surface area contributed by atoms with Crippen molar-refractivity contribution in [3.8, 4) is 0 Å². The number of rotatable bonds is 5. The fraction of sp³-hybridized carbons (Fsp3) is 0.654. The summed E-state index contributed by atoms with van der Waals surface area (Å²) in [4.78, 5) is 36.7. The average Bonchev–Trinajstić information content (AvgIpc) is 2.98. The molecule has 0 spiro atoms. The molecule has 0 aromatic rings. The van der Waals surface area contributed by atoms with Crippen LogP contribution in [-0.4, -0.2) is 46.1 Å². The molecule has 0 radical (unpaired) electrons. The van der Waals surface area contributed by atoms with Crippen LogP contribution in [0, 0.1) is 28.6 Å². The van der Waals surface area contributed by atoms with E-state index in [1.54, 1.807) is 12.2 Å². The third kappa shape index (κ3) is 3.18. The molecule has 6 nitrogen and oxygen atoms in total. The summed E-state index contributed by atoms with van der Waals surface area (Å²) in [6.07, 6.45) is 8.16. The van der Waals surface area contributed by atoms with Gasteiger partial charge in [0.1, 0.15) is 5.60 Å².